The van der Waals surface area contributed by atoms with Gasteiger partial charge >= 0.3 is 0 Å². The summed E-state index contributed by atoms with van der Waals surface area (Å²) < 4.78 is 5.88. The topological polar surface area (TPSA) is 13.1 Å². The number of hydrogen-bond donors (Lipinski definition) is 0. The van der Waals surface area contributed by atoms with Crippen molar-refractivity contribution in [3.05, 3.63) is 81.8 Å². The summed E-state index contributed by atoms with van der Waals surface area (Å²) in [6.07, 6.45) is 5.42. The van der Waals surface area contributed by atoms with Gasteiger partial charge < -0.3 is 4.42 Å². The van der Waals surface area contributed by atoms with Gasteiger partial charge in [-0.1, -0.05) is 44.2 Å². The molecule has 0 saturated carbocycles. The van der Waals surface area contributed by atoms with Crippen LogP contribution in [-0.2, 0) is 19.3 Å². The number of hydrogen-bond acceptors (Lipinski definition) is 1. The van der Waals surface area contributed by atoms with E-state index < -0.39 is 0 Å². The number of fused-ring (bicyclic) bond motifs is 1. The van der Waals surface area contributed by atoms with Crippen LogP contribution in [0, 0.1) is 13.8 Å². The smallest absolute Gasteiger partial charge is 0.130 e. The average Bonchev–Trinajstić information content (AvgIpc) is 3.27. The minimum Gasteiger partial charge on any atom is -0.462 e. The van der Waals surface area contributed by atoms with Crippen LogP contribution in [0.1, 0.15) is 53.2 Å². The molecule has 0 unspecified atom stereocenters. The predicted octanol–water partition coefficient (Wildman–Crippen LogP) is 6.78. The zero-order valence-corrected chi connectivity index (χ0v) is 16.1. The number of allylic oxidation sites excluding steroid dienone is 1. The molecule has 0 bridgehead atoms. The Kier molecular flexibility index (Phi) is 4.32. The Balaban J connectivity index is 1.87. The summed E-state index contributed by atoms with van der Waals surface area (Å²) in [4.78, 5) is 0. The molecule has 0 amide bonds. The summed E-state index contributed by atoms with van der Waals surface area (Å²) in [6, 6.07) is 15.8. The van der Waals surface area contributed by atoms with Crippen LogP contribution < -0.4 is 0 Å². The Bertz CT molecular complexity index is 979. The lowest BCUT2D eigenvalue weighted by molar-refractivity contribution is 0.521. The molecule has 3 aromatic rings. The van der Waals surface area contributed by atoms with Crippen molar-refractivity contribution in [3.8, 4) is 11.1 Å². The zero-order chi connectivity index (χ0) is 18.3. The number of furan rings is 1. The Morgan fingerprint density at radius 3 is 2.23 bits per heavy atom. The van der Waals surface area contributed by atoms with Gasteiger partial charge in [-0.3, -0.25) is 0 Å². The molecule has 2 aromatic carbocycles. The molecule has 1 heterocycles. The molecule has 4 rings (SSSR count). The number of rotatable bonds is 4. The van der Waals surface area contributed by atoms with Gasteiger partial charge in [0.1, 0.15) is 11.5 Å². The molecule has 0 N–H and O–H groups in total. The van der Waals surface area contributed by atoms with Gasteiger partial charge in [0.2, 0.25) is 0 Å². The highest BCUT2D eigenvalue weighted by Gasteiger charge is 2.21. The lowest BCUT2D eigenvalue weighted by Gasteiger charge is -2.14. The summed E-state index contributed by atoms with van der Waals surface area (Å²) in [5.74, 6) is 1.97. The summed E-state index contributed by atoms with van der Waals surface area (Å²) in [5.41, 5.74) is 10.9. The largest absolute Gasteiger partial charge is 0.462 e. The van der Waals surface area contributed by atoms with Gasteiger partial charge in [0.15, 0.2) is 0 Å². The molecule has 0 atom stereocenters. The van der Waals surface area contributed by atoms with E-state index in [-0.39, 0.29) is 0 Å². The first-order valence-electron chi connectivity index (χ1n) is 9.62. The summed E-state index contributed by atoms with van der Waals surface area (Å²) in [7, 11) is 0. The van der Waals surface area contributed by atoms with Crippen molar-refractivity contribution in [2.75, 3.05) is 0 Å². The molecule has 0 aliphatic heterocycles. The first-order chi connectivity index (χ1) is 12.6. The van der Waals surface area contributed by atoms with Crippen molar-refractivity contribution in [1.82, 2.24) is 0 Å². The van der Waals surface area contributed by atoms with Crippen LogP contribution in [0.25, 0.3) is 22.8 Å². The highest BCUT2D eigenvalue weighted by molar-refractivity contribution is 5.94. The molecule has 0 spiro atoms. The van der Waals surface area contributed by atoms with E-state index in [0.717, 1.165) is 30.8 Å². The SMILES string of the molecule is CCc1cc(CC)cc(-c2c(C)ccc3c2C=C(c2ccc(C)o2)C3)c1. The van der Waals surface area contributed by atoms with Crippen molar-refractivity contribution in [2.24, 2.45) is 0 Å². The van der Waals surface area contributed by atoms with Crippen molar-refractivity contribution in [3.63, 3.8) is 0 Å². The van der Waals surface area contributed by atoms with E-state index in [4.69, 9.17) is 4.42 Å². The molecule has 1 aromatic heterocycles. The quantitative estimate of drug-likeness (QED) is 0.509. The van der Waals surface area contributed by atoms with Crippen molar-refractivity contribution >= 4 is 11.6 Å². The van der Waals surface area contributed by atoms with Crippen molar-refractivity contribution in [2.45, 2.75) is 47.0 Å². The fraction of sp³-hybridized carbons (Fsp3) is 0.280. The first kappa shape index (κ1) is 16.9. The van der Waals surface area contributed by atoms with Crippen molar-refractivity contribution in [1.29, 1.82) is 0 Å². The molecular weight excluding hydrogens is 316 g/mol. The Hall–Kier alpha value is -2.54. The molecule has 1 aliphatic carbocycles. The normalized spacial score (nSPS) is 13.0. The standard InChI is InChI=1S/C25H26O/c1-5-18-11-19(6-2)13-22(12-18)25-16(3)7-9-20-14-21(15-23(20)25)24-10-8-17(4)26-24/h7-13,15H,5-6,14H2,1-4H3. The van der Waals surface area contributed by atoms with Crippen molar-refractivity contribution < 1.29 is 4.42 Å². The van der Waals surface area contributed by atoms with Gasteiger partial charge in [0.05, 0.1) is 0 Å². The van der Waals surface area contributed by atoms with Gasteiger partial charge in [0.25, 0.3) is 0 Å². The van der Waals surface area contributed by atoms with Gasteiger partial charge in [-0.15, -0.1) is 0 Å². The van der Waals surface area contributed by atoms with Gasteiger partial charge in [-0.05, 0) is 89.4 Å². The van der Waals surface area contributed by atoms with E-state index in [2.05, 4.69) is 63.2 Å². The molecular formula is C25H26O. The lowest BCUT2D eigenvalue weighted by atomic mass is 9.90. The summed E-state index contributed by atoms with van der Waals surface area (Å²) in [5, 5.41) is 0. The van der Waals surface area contributed by atoms with Crippen LogP contribution >= 0.6 is 0 Å². The Morgan fingerprint density at radius 1 is 0.885 bits per heavy atom. The minimum absolute atomic E-state index is 0.948. The molecule has 1 aliphatic rings. The maximum atomic E-state index is 5.88. The van der Waals surface area contributed by atoms with Crippen LogP contribution in [0.15, 0.2) is 46.9 Å². The number of aryl methyl sites for hydroxylation is 4. The first-order valence-corrected chi connectivity index (χ1v) is 9.62. The van der Waals surface area contributed by atoms with E-state index >= 15 is 0 Å². The summed E-state index contributed by atoms with van der Waals surface area (Å²) >= 11 is 0. The second kappa shape index (κ2) is 6.64. The van der Waals surface area contributed by atoms with E-state index in [9.17, 15) is 0 Å². The van der Waals surface area contributed by atoms with Crippen LogP contribution in [0.2, 0.25) is 0 Å². The minimum atomic E-state index is 0.948. The lowest BCUT2D eigenvalue weighted by Crippen LogP contribution is -1.94. The van der Waals surface area contributed by atoms with Gasteiger partial charge in [-0.2, -0.15) is 0 Å². The van der Waals surface area contributed by atoms with E-state index in [1.807, 2.05) is 13.0 Å². The molecule has 0 radical (unpaired) electrons. The highest BCUT2D eigenvalue weighted by Crippen LogP contribution is 2.40. The third-order valence-electron chi connectivity index (χ3n) is 5.46. The number of benzene rings is 2. The van der Waals surface area contributed by atoms with E-state index in [0.29, 0.717) is 0 Å². The third kappa shape index (κ3) is 2.92. The second-order valence-electron chi connectivity index (χ2n) is 7.33. The van der Waals surface area contributed by atoms with Crippen LogP contribution in [0.5, 0.6) is 0 Å². The van der Waals surface area contributed by atoms with Crippen LogP contribution in [0.3, 0.4) is 0 Å². The monoisotopic (exact) mass is 342 g/mol. The predicted molar refractivity (Wildman–Crippen MR) is 110 cm³/mol. The molecule has 1 heteroatoms. The molecule has 26 heavy (non-hydrogen) atoms. The van der Waals surface area contributed by atoms with E-state index in [1.54, 1.807) is 0 Å². The average molecular weight is 342 g/mol. The van der Waals surface area contributed by atoms with Gasteiger partial charge in [0, 0.05) is 6.42 Å². The van der Waals surface area contributed by atoms with E-state index in [1.165, 1.54) is 44.5 Å². The fourth-order valence-electron chi connectivity index (χ4n) is 3.98. The zero-order valence-electron chi connectivity index (χ0n) is 16.1. The molecule has 1 nitrogen and oxygen atoms in total. The highest BCUT2D eigenvalue weighted by atomic mass is 16.3. The van der Waals surface area contributed by atoms with Crippen LogP contribution in [-0.4, -0.2) is 0 Å². The van der Waals surface area contributed by atoms with Crippen LogP contribution in [0.4, 0.5) is 0 Å². The molecule has 0 fully saturated rings. The Morgan fingerprint density at radius 2 is 1.62 bits per heavy atom. The maximum absolute atomic E-state index is 5.88. The molecule has 0 saturated heterocycles. The third-order valence-corrected chi connectivity index (χ3v) is 5.46. The van der Waals surface area contributed by atoms with Gasteiger partial charge in [-0.25, -0.2) is 0 Å². The Labute approximate surface area is 156 Å². The molecule has 132 valence electrons. The maximum Gasteiger partial charge on any atom is 0.130 e. The summed E-state index contributed by atoms with van der Waals surface area (Å²) in [6.45, 7) is 8.70. The second-order valence-corrected chi connectivity index (χ2v) is 7.33. The fourth-order valence-corrected chi connectivity index (χ4v) is 3.98.